The molecule has 0 aliphatic heterocycles. The van der Waals surface area contributed by atoms with Gasteiger partial charge < -0.3 is 19.6 Å². The van der Waals surface area contributed by atoms with Gasteiger partial charge in [-0.15, -0.1) is 0 Å². The van der Waals surface area contributed by atoms with Gasteiger partial charge in [0.05, 0.1) is 25.1 Å². The average molecular weight is 567 g/mol. The molecule has 0 saturated heterocycles. The topological polar surface area (TPSA) is 163 Å². The van der Waals surface area contributed by atoms with Crippen LogP contribution in [-0.4, -0.2) is 44.2 Å². The minimum Gasteiger partial charge on any atom is -0.462 e. The molecule has 2 aromatic heterocycles. The molecule has 0 saturated carbocycles. The highest BCUT2D eigenvalue weighted by Gasteiger charge is 2.34. The number of anilines is 1. The molecule has 4 atom stereocenters. The van der Waals surface area contributed by atoms with Crippen LogP contribution in [0.4, 0.5) is 5.95 Å². The van der Waals surface area contributed by atoms with E-state index in [1.807, 2.05) is 42.5 Å². The molecule has 40 heavy (non-hydrogen) atoms. The van der Waals surface area contributed by atoms with Crippen LogP contribution in [0.5, 0.6) is 5.75 Å². The molecule has 5 rings (SSSR count). The Kier molecular flexibility index (Phi) is 7.75. The smallest absolute Gasteiger partial charge is 0.459 e. The van der Waals surface area contributed by atoms with Crippen molar-refractivity contribution in [2.75, 3.05) is 12.3 Å². The zero-order chi connectivity index (χ0) is 28.4. The number of carbonyl (C=O) groups is 1. The number of H-pyrrole nitrogens is 1. The number of aromatic amines is 1. The van der Waals surface area contributed by atoms with E-state index in [9.17, 15) is 14.2 Å². The van der Waals surface area contributed by atoms with Crippen LogP contribution < -0.4 is 20.9 Å². The van der Waals surface area contributed by atoms with Gasteiger partial charge in [0.2, 0.25) is 5.95 Å². The van der Waals surface area contributed by atoms with Gasteiger partial charge >= 0.3 is 13.7 Å². The number of nitrogens with one attached hydrogen (secondary N) is 2. The monoisotopic (exact) mass is 566 g/mol. The molecule has 4 N–H and O–H groups in total. The van der Waals surface area contributed by atoms with E-state index < -0.39 is 25.3 Å². The number of nitrogens with two attached hydrogens (primary N) is 1. The van der Waals surface area contributed by atoms with Crippen LogP contribution in [0.1, 0.15) is 33.2 Å². The minimum absolute atomic E-state index is 0.00354. The number of allylic oxidation sites excluding steroid dienone is 1. The van der Waals surface area contributed by atoms with Gasteiger partial charge in [-0.05, 0) is 38.6 Å². The summed E-state index contributed by atoms with van der Waals surface area (Å²) in [7, 11) is -4.06. The van der Waals surface area contributed by atoms with Crippen molar-refractivity contribution in [1.29, 1.82) is 0 Å². The van der Waals surface area contributed by atoms with E-state index in [1.165, 1.54) is 0 Å². The Balaban J connectivity index is 1.34. The predicted molar refractivity (Wildman–Crippen MR) is 151 cm³/mol. The number of hydrogen-bond acceptors (Lipinski definition) is 9. The summed E-state index contributed by atoms with van der Waals surface area (Å²) < 4.78 is 33.0. The van der Waals surface area contributed by atoms with E-state index in [4.69, 9.17) is 19.5 Å². The van der Waals surface area contributed by atoms with Crippen LogP contribution in [0.25, 0.3) is 21.9 Å². The third-order valence-electron chi connectivity index (χ3n) is 6.44. The fourth-order valence-electron chi connectivity index (χ4n) is 4.58. The van der Waals surface area contributed by atoms with Gasteiger partial charge in [-0.1, -0.05) is 48.6 Å². The number of esters is 1. The molecule has 1 aliphatic carbocycles. The molecule has 13 heteroatoms. The van der Waals surface area contributed by atoms with E-state index in [2.05, 4.69) is 20.0 Å². The van der Waals surface area contributed by atoms with Crippen LogP contribution in [0.2, 0.25) is 0 Å². The molecule has 1 aliphatic rings. The van der Waals surface area contributed by atoms with E-state index >= 15 is 0 Å². The molecule has 12 nitrogen and oxygen atoms in total. The third kappa shape index (κ3) is 5.94. The van der Waals surface area contributed by atoms with Gasteiger partial charge in [0, 0.05) is 11.3 Å². The summed E-state index contributed by atoms with van der Waals surface area (Å²) in [4.78, 5) is 35.5. The molecule has 210 valence electrons. The zero-order valence-corrected chi connectivity index (χ0v) is 23.2. The summed E-state index contributed by atoms with van der Waals surface area (Å²) in [6, 6.07) is 11.8. The van der Waals surface area contributed by atoms with Crippen molar-refractivity contribution in [3.8, 4) is 5.75 Å². The van der Waals surface area contributed by atoms with Gasteiger partial charge in [0.15, 0.2) is 11.2 Å². The van der Waals surface area contributed by atoms with Crippen LogP contribution in [-0.2, 0) is 18.6 Å². The van der Waals surface area contributed by atoms with Gasteiger partial charge in [-0.3, -0.25) is 19.1 Å². The van der Waals surface area contributed by atoms with E-state index in [1.54, 1.807) is 43.8 Å². The van der Waals surface area contributed by atoms with Crippen molar-refractivity contribution >= 4 is 41.6 Å². The molecule has 0 spiro atoms. The van der Waals surface area contributed by atoms with Gasteiger partial charge in [-0.2, -0.15) is 10.1 Å². The highest BCUT2D eigenvalue weighted by atomic mass is 31.2. The van der Waals surface area contributed by atoms with Gasteiger partial charge in [-0.25, -0.2) is 9.55 Å². The standard InChI is InChI=1S/C27H31N6O6P/c1-16(2)38-26(35)17(3)32-40(36,39-22-10-6-8-19-7-4-5-9-21(19)22)37-14-18-11-12-20(13-18)33-15-29-23-24(33)30-27(28)31-25(23)34/h4-12,15-18,20H,13-14H2,1-3H3,(H,32,36)(H3,28,30,31,34)/t17-,18+,20-,40?/m0/s1. The van der Waals surface area contributed by atoms with Crippen molar-refractivity contribution in [2.45, 2.75) is 45.4 Å². The second-order valence-electron chi connectivity index (χ2n) is 9.92. The SMILES string of the molecule is CC(C)OC(=O)[C@H](C)NP(=O)(OC[C@@H]1C=C[C@H](n2cnc3c(=O)[nH]c(N)nc32)C1)Oc1cccc2ccccc12. The normalized spacial score (nSPS) is 19.2. The lowest BCUT2D eigenvalue weighted by Gasteiger charge is -2.25. The molecule has 2 heterocycles. The zero-order valence-electron chi connectivity index (χ0n) is 22.3. The Morgan fingerprint density at radius 3 is 2.77 bits per heavy atom. The molecule has 0 radical (unpaired) electrons. The highest BCUT2D eigenvalue weighted by Crippen LogP contribution is 2.48. The number of imidazole rings is 1. The molecule has 4 aromatic rings. The Bertz CT molecular complexity index is 1680. The molecule has 0 amide bonds. The van der Waals surface area contributed by atoms with Crippen LogP contribution >= 0.6 is 7.75 Å². The third-order valence-corrected chi connectivity index (χ3v) is 8.07. The summed E-state index contributed by atoms with van der Waals surface area (Å²) in [6.45, 7) is 5.05. The molecule has 1 unspecified atom stereocenters. The van der Waals surface area contributed by atoms with Crippen LogP contribution in [0.15, 0.2) is 65.7 Å². The minimum atomic E-state index is -4.06. The van der Waals surface area contributed by atoms with E-state index in [0.29, 0.717) is 17.8 Å². The van der Waals surface area contributed by atoms with Gasteiger partial charge in [0.1, 0.15) is 11.8 Å². The Morgan fingerprint density at radius 1 is 1.20 bits per heavy atom. The van der Waals surface area contributed by atoms with Crippen molar-refractivity contribution in [2.24, 2.45) is 5.92 Å². The maximum Gasteiger partial charge on any atom is 0.459 e. The summed E-state index contributed by atoms with van der Waals surface area (Å²) in [5.41, 5.74) is 5.89. The number of hydrogen-bond donors (Lipinski definition) is 3. The number of nitrogen functional groups attached to an aromatic ring is 1. The number of carbonyl (C=O) groups excluding carboxylic acids is 1. The second-order valence-corrected chi connectivity index (χ2v) is 11.6. The fraction of sp³-hybridized carbons (Fsp3) is 0.333. The summed E-state index contributed by atoms with van der Waals surface area (Å²) >= 11 is 0. The maximum absolute atomic E-state index is 14.1. The lowest BCUT2D eigenvalue weighted by Crippen LogP contribution is -2.36. The van der Waals surface area contributed by atoms with Crippen LogP contribution in [0, 0.1) is 5.92 Å². The Labute approximate surface area is 230 Å². The molecule has 0 bridgehead atoms. The first-order valence-corrected chi connectivity index (χ1v) is 14.5. The van der Waals surface area contributed by atoms with Crippen molar-refractivity contribution in [3.05, 3.63) is 71.3 Å². The summed E-state index contributed by atoms with van der Waals surface area (Å²) in [6.07, 6.45) is 5.66. The fourth-order valence-corrected chi connectivity index (χ4v) is 6.15. The van der Waals surface area contributed by atoms with Crippen LogP contribution in [0.3, 0.4) is 0 Å². The van der Waals surface area contributed by atoms with E-state index in [-0.39, 0.29) is 36.1 Å². The van der Waals surface area contributed by atoms with Crippen molar-refractivity contribution in [3.63, 3.8) is 0 Å². The number of aromatic nitrogens is 4. The quantitative estimate of drug-likeness (QED) is 0.145. The molecule has 0 fully saturated rings. The maximum atomic E-state index is 14.1. The molecular formula is C27H31N6O6P. The van der Waals surface area contributed by atoms with Crippen molar-refractivity contribution < 1.29 is 23.1 Å². The van der Waals surface area contributed by atoms with Gasteiger partial charge in [0.25, 0.3) is 5.56 Å². The lowest BCUT2D eigenvalue weighted by molar-refractivity contribution is -0.149. The Hall–Kier alpha value is -3.99. The lowest BCUT2D eigenvalue weighted by atomic mass is 10.1. The summed E-state index contributed by atoms with van der Waals surface area (Å²) in [5.74, 6) is -0.360. The van der Waals surface area contributed by atoms with E-state index in [0.717, 1.165) is 10.8 Å². The average Bonchev–Trinajstić information content (AvgIpc) is 3.54. The molecular weight excluding hydrogens is 535 g/mol. The number of ether oxygens (including phenoxy) is 1. The number of nitrogens with zero attached hydrogens (tertiary/aromatic N) is 3. The predicted octanol–water partition coefficient (Wildman–Crippen LogP) is 4.11. The van der Waals surface area contributed by atoms with Crippen molar-refractivity contribution in [1.82, 2.24) is 24.6 Å². The highest BCUT2D eigenvalue weighted by molar-refractivity contribution is 7.52. The first kappa shape index (κ1) is 27.6. The number of benzene rings is 2. The number of rotatable bonds is 10. The molecule has 2 aromatic carbocycles. The Morgan fingerprint density at radius 2 is 1.98 bits per heavy atom. The largest absolute Gasteiger partial charge is 0.462 e. The first-order valence-electron chi connectivity index (χ1n) is 12.9. The summed E-state index contributed by atoms with van der Waals surface area (Å²) in [5, 5.41) is 4.40. The second kappa shape index (κ2) is 11.2. The first-order chi connectivity index (χ1) is 19.1. The number of fused-ring (bicyclic) bond motifs is 2.